The van der Waals surface area contributed by atoms with E-state index in [1.807, 2.05) is 49.5 Å². The highest BCUT2D eigenvalue weighted by Gasteiger charge is 2.02. The van der Waals surface area contributed by atoms with Crippen LogP contribution >= 0.6 is 0 Å². The minimum absolute atomic E-state index is 0.138. The van der Waals surface area contributed by atoms with E-state index in [1.165, 1.54) is 5.39 Å². The Balaban J connectivity index is 1.78. The summed E-state index contributed by atoms with van der Waals surface area (Å²) in [6, 6.07) is 18.3. The van der Waals surface area contributed by atoms with Crippen LogP contribution in [0, 0.1) is 0 Å². The zero-order valence-corrected chi connectivity index (χ0v) is 12.0. The Labute approximate surface area is 124 Å². The molecule has 2 N–H and O–H groups in total. The van der Waals surface area contributed by atoms with Crippen molar-refractivity contribution in [2.24, 2.45) is 5.73 Å². The van der Waals surface area contributed by atoms with Crippen LogP contribution in [-0.2, 0) is 6.42 Å². The highest BCUT2D eigenvalue weighted by atomic mass is 16.5. The summed E-state index contributed by atoms with van der Waals surface area (Å²) >= 11 is 0. The van der Waals surface area contributed by atoms with Crippen LogP contribution < -0.4 is 10.5 Å². The molecule has 0 saturated carbocycles. The molecule has 0 bridgehead atoms. The second-order valence-corrected chi connectivity index (χ2v) is 5.30. The van der Waals surface area contributed by atoms with Gasteiger partial charge in [-0.3, -0.25) is 0 Å². The molecule has 106 valence electrons. The van der Waals surface area contributed by atoms with Crippen molar-refractivity contribution >= 4 is 10.8 Å². The van der Waals surface area contributed by atoms with Gasteiger partial charge in [-0.2, -0.15) is 0 Å². The zero-order chi connectivity index (χ0) is 14.7. The maximum absolute atomic E-state index is 5.80. The number of pyridine rings is 1. The summed E-state index contributed by atoms with van der Waals surface area (Å²) in [5, 5.41) is 2.36. The molecular formula is C18H18N2O. The van der Waals surface area contributed by atoms with Crippen LogP contribution in [-0.4, -0.2) is 11.0 Å². The predicted octanol–water partition coefficient (Wildman–Crippen LogP) is 3.92. The van der Waals surface area contributed by atoms with Crippen LogP contribution in [0.5, 0.6) is 11.6 Å². The molecule has 0 aliphatic heterocycles. The van der Waals surface area contributed by atoms with E-state index in [9.17, 15) is 0 Å². The minimum atomic E-state index is 0.138. The number of nitrogens with two attached hydrogens (primary N) is 1. The van der Waals surface area contributed by atoms with E-state index < -0.39 is 0 Å². The number of aromatic nitrogens is 1. The molecule has 0 saturated heterocycles. The second kappa shape index (κ2) is 5.94. The van der Waals surface area contributed by atoms with Crippen LogP contribution in [0.15, 0.2) is 60.8 Å². The molecule has 0 radical (unpaired) electrons. The Morgan fingerprint density at radius 3 is 2.57 bits per heavy atom. The predicted molar refractivity (Wildman–Crippen MR) is 85.6 cm³/mol. The quantitative estimate of drug-likeness (QED) is 0.787. The summed E-state index contributed by atoms with van der Waals surface area (Å²) in [7, 11) is 0. The normalized spacial score (nSPS) is 12.3. The highest BCUT2D eigenvalue weighted by molar-refractivity contribution is 5.83. The Morgan fingerprint density at radius 1 is 1.05 bits per heavy atom. The maximum Gasteiger partial charge on any atom is 0.219 e. The molecule has 0 aliphatic carbocycles. The van der Waals surface area contributed by atoms with E-state index >= 15 is 0 Å². The van der Waals surface area contributed by atoms with Gasteiger partial charge in [0.15, 0.2) is 0 Å². The Hall–Kier alpha value is -2.39. The molecule has 3 aromatic rings. The minimum Gasteiger partial charge on any atom is -0.439 e. The fourth-order valence-corrected chi connectivity index (χ4v) is 2.32. The molecule has 0 spiro atoms. The molecule has 2 aromatic carbocycles. The first-order chi connectivity index (χ1) is 10.2. The van der Waals surface area contributed by atoms with Crippen LogP contribution in [0.2, 0.25) is 0 Å². The molecule has 21 heavy (non-hydrogen) atoms. The number of hydrogen-bond donors (Lipinski definition) is 1. The number of benzene rings is 2. The molecule has 1 unspecified atom stereocenters. The third kappa shape index (κ3) is 3.38. The Morgan fingerprint density at radius 2 is 1.86 bits per heavy atom. The fraction of sp³-hybridized carbons (Fsp3) is 0.167. The average molecular weight is 278 g/mol. The lowest BCUT2D eigenvalue weighted by atomic mass is 10.1. The molecular weight excluding hydrogens is 260 g/mol. The standard InChI is InChI=1S/C18H18N2O/c1-13(19)10-14-6-9-18(20-12-14)21-17-8-7-15-4-2-3-5-16(15)11-17/h2-9,11-13H,10,19H2,1H3. The Bertz CT molecular complexity index is 736. The van der Waals surface area contributed by atoms with Gasteiger partial charge in [0.2, 0.25) is 5.88 Å². The smallest absolute Gasteiger partial charge is 0.219 e. The molecule has 3 rings (SSSR count). The fourth-order valence-electron chi connectivity index (χ4n) is 2.32. The van der Waals surface area contributed by atoms with Crippen molar-refractivity contribution in [1.29, 1.82) is 0 Å². The first-order valence-electron chi connectivity index (χ1n) is 7.08. The molecule has 0 fully saturated rings. The number of fused-ring (bicyclic) bond motifs is 1. The summed E-state index contributed by atoms with van der Waals surface area (Å²) in [6.45, 7) is 1.99. The zero-order valence-electron chi connectivity index (χ0n) is 12.0. The number of nitrogens with zero attached hydrogens (tertiary/aromatic N) is 1. The Kier molecular flexibility index (Phi) is 3.84. The summed E-state index contributed by atoms with van der Waals surface area (Å²) in [5.41, 5.74) is 6.90. The number of hydrogen-bond acceptors (Lipinski definition) is 3. The first kappa shape index (κ1) is 13.6. The topological polar surface area (TPSA) is 48.1 Å². The molecule has 1 aromatic heterocycles. The number of rotatable bonds is 4. The molecule has 0 amide bonds. The third-order valence-electron chi connectivity index (χ3n) is 3.30. The summed E-state index contributed by atoms with van der Waals surface area (Å²) in [4.78, 5) is 4.33. The first-order valence-corrected chi connectivity index (χ1v) is 7.08. The second-order valence-electron chi connectivity index (χ2n) is 5.30. The lowest BCUT2D eigenvalue weighted by Crippen LogP contribution is -2.17. The SMILES string of the molecule is CC(N)Cc1ccc(Oc2ccc3ccccc3c2)nc1. The third-order valence-corrected chi connectivity index (χ3v) is 3.30. The molecule has 3 heteroatoms. The maximum atomic E-state index is 5.80. The van der Waals surface area contributed by atoms with E-state index in [2.05, 4.69) is 23.2 Å². The van der Waals surface area contributed by atoms with Gasteiger partial charge < -0.3 is 10.5 Å². The van der Waals surface area contributed by atoms with E-state index in [0.717, 1.165) is 23.1 Å². The average Bonchev–Trinajstić information content (AvgIpc) is 2.49. The van der Waals surface area contributed by atoms with Gasteiger partial charge in [-0.05, 0) is 41.8 Å². The van der Waals surface area contributed by atoms with Crippen molar-refractivity contribution in [2.75, 3.05) is 0 Å². The van der Waals surface area contributed by atoms with Gasteiger partial charge in [0.1, 0.15) is 5.75 Å². The van der Waals surface area contributed by atoms with Gasteiger partial charge in [0.25, 0.3) is 0 Å². The van der Waals surface area contributed by atoms with E-state index in [1.54, 1.807) is 0 Å². The number of ether oxygens (including phenoxy) is 1. The van der Waals surface area contributed by atoms with Gasteiger partial charge in [0, 0.05) is 18.3 Å². The van der Waals surface area contributed by atoms with Crippen molar-refractivity contribution in [3.8, 4) is 11.6 Å². The van der Waals surface area contributed by atoms with Crippen LogP contribution in [0.1, 0.15) is 12.5 Å². The van der Waals surface area contributed by atoms with E-state index in [-0.39, 0.29) is 6.04 Å². The van der Waals surface area contributed by atoms with Gasteiger partial charge in [-0.15, -0.1) is 0 Å². The molecule has 1 heterocycles. The van der Waals surface area contributed by atoms with Gasteiger partial charge in [-0.1, -0.05) is 36.4 Å². The summed E-state index contributed by atoms with van der Waals surface area (Å²) in [5.74, 6) is 1.39. The van der Waals surface area contributed by atoms with E-state index in [0.29, 0.717) is 5.88 Å². The lowest BCUT2D eigenvalue weighted by Gasteiger charge is -2.08. The van der Waals surface area contributed by atoms with Crippen molar-refractivity contribution in [2.45, 2.75) is 19.4 Å². The monoisotopic (exact) mass is 278 g/mol. The van der Waals surface area contributed by atoms with Gasteiger partial charge >= 0.3 is 0 Å². The molecule has 1 atom stereocenters. The molecule has 3 nitrogen and oxygen atoms in total. The summed E-state index contributed by atoms with van der Waals surface area (Å²) in [6.07, 6.45) is 2.64. The van der Waals surface area contributed by atoms with Crippen LogP contribution in [0.3, 0.4) is 0 Å². The van der Waals surface area contributed by atoms with Crippen LogP contribution in [0.25, 0.3) is 10.8 Å². The summed E-state index contributed by atoms with van der Waals surface area (Å²) < 4.78 is 5.80. The van der Waals surface area contributed by atoms with Crippen LogP contribution in [0.4, 0.5) is 0 Å². The van der Waals surface area contributed by atoms with Crippen molar-refractivity contribution in [3.05, 3.63) is 66.4 Å². The molecule has 0 aliphatic rings. The van der Waals surface area contributed by atoms with Crippen molar-refractivity contribution < 1.29 is 4.74 Å². The van der Waals surface area contributed by atoms with Gasteiger partial charge in [0.05, 0.1) is 0 Å². The largest absolute Gasteiger partial charge is 0.439 e. The van der Waals surface area contributed by atoms with Crippen molar-refractivity contribution in [1.82, 2.24) is 4.98 Å². The van der Waals surface area contributed by atoms with E-state index in [4.69, 9.17) is 10.5 Å². The van der Waals surface area contributed by atoms with Crippen molar-refractivity contribution in [3.63, 3.8) is 0 Å². The van der Waals surface area contributed by atoms with Gasteiger partial charge in [-0.25, -0.2) is 4.98 Å². The highest BCUT2D eigenvalue weighted by Crippen LogP contribution is 2.24. The lowest BCUT2D eigenvalue weighted by molar-refractivity contribution is 0.463.